The maximum Gasteiger partial charge on any atom is 0.419 e. The predicted molar refractivity (Wildman–Crippen MR) is 110 cm³/mol. The second-order valence-electron chi connectivity index (χ2n) is 7.11. The third kappa shape index (κ3) is 4.45. The number of sulfone groups is 1. The molecule has 3 aromatic carbocycles. The maximum atomic E-state index is 13.4. The average molecular weight is 464 g/mol. The minimum absolute atomic E-state index is 0.151. The molecule has 166 valence electrons. The first kappa shape index (κ1) is 21.8. The molecule has 1 N–H and O–H groups in total. The molecule has 0 aliphatic heterocycles. The minimum atomic E-state index is -4.83. The Morgan fingerprint density at radius 1 is 1.03 bits per heavy atom. The van der Waals surface area contributed by atoms with Crippen LogP contribution in [0.4, 0.5) is 17.6 Å². The van der Waals surface area contributed by atoms with Gasteiger partial charge in [-0.05, 0) is 42.0 Å². The number of benzene rings is 3. The molecule has 10 heteroatoms. The molecule has 4 aromatic rings. The second-order valence-corrected chi connectivity index (χ2v) is 9.10. The van der Waals surface area contributed by atoms with Gasteiger partial charge >= 0.3 is 6.18 Å². The SMILES string of the molecule is CS(=O)(=O)c1ccccc1-c1ccc2[nH]c(COc3ccc(F)c(C(F)(F)F)c3)nc2c1. The number of H-pyrrole nitrogens is 1. The van der Waals surface area contributed by atoms with Crippen LogP contribution in [0.25, 0.3) is 22.2 Å². The quantitative estimate of drug-likeness (QED) is 0.403. The van der Waals surface area contributed by atoms with Gasteiger partial charge in [0, 0.05) is 11.8 Å². The Morgan fingerprint density at radius 2 is 1.78 bits per heavy atom. The highest BCUT2D eigenvalue weighted by Gasteiger charge is 2.34. The summed E-state index contributed by atoms with van der Waals surface area (Å²) in [6.07, 6.45) is -3.70. The zero-order valence-corrected chi connectivity index (χ0v) is 17.4. The van der Waals surface area contributed by atoms with Crippen LogP contribution < -0.4 is 4.74 Å². The molecule has 0 bridgehead atoms. The second kappa shape index (κ2) is 7.94. The first-order chi connectivity index (χ1) is 15.0. The topological polar surface area (TPSA) is 72.0 Å². The van der Waals surface area contributed by atoms with Gasteiger partial charge in [-0.3, -0.25) is 0 Å². The van der Waals surface area contributed by atoms with E-state index in [0.717, 1.165) is 12.3 Å². The smallest absolute Gasteiger partial charge is 0.419 e. The van der Waals surface area contributed by atoms with Gasteiger partial charge in [-0.15, -0.1) is 0 Å². The Labute approximate surface area is 180 Å². The lowest BCUT2D eigenvalue weighted by atomic mass is 10.1. The third-order valence-corrected chi connectivity index (χ3v) is 5.90. The van der Waals surface area contributed by atoms with E-state index in [1.807, 2.05) is 0 Å². The molecule has 0 fully saturated rings. The number of ether oxygens (including phenoxy) is 1. The Balaban J connectivity index is 1.60. The number of alkyl halides is 3. The number of halogens is 4. The van der Waals surface area contributed by atoms with Crippen LogP contribution in [0.5, 0.6) is 5.75 Å². The molecule has 0 amide bonds. The van der Waals surface area contributed by atoms with E-state index in [1.165, 1.54) is 6.07 Å². The van der Waals surface area contributed by atoms with E-state index in [2.05, 4.69) is 9.97 Å². The first-order valence-corrected chi connectivity index (χ1v) is 11.2. The number of nitrogens with zero attached hydrogens (tertiary/aromatic N) is 1. The van der Waals surface area contributed by atoms with E-state index in [4.69, 9.17) is 4.74 Å². The van der Waals surface area contributed by atoms with Crippen molar-refractivity contribution >= 4 is 20.9 Å². The summed E-state index contributed by atoms with van der Waals surface area (Å²) < 4.78 is 81.5. The molecule has 1 heterocycles. The average Bonchev–Trinajstić information content (AvgIpc) is 3.14. The van der Waals surface area contributed by atoms with Crippen LogP contribution in [-0.2, 0) is 22.6 Å². The molecular formula is C22H16F4N2O3S. The van der Waals surface area contributed by atoms with Crippen LogP contribution in [0.15, 0.2) is 65.6 Å². The van der Waals surface area contributed by atoms with Crippen molar-refractivity contribution in [3.63, 3.8) is 0 Å². The van der Waals surface area contributed by atoms with E-state index < -0.39 is 27.4 Å². The zero-order valence-electron chi connectivity index (χ0n) is 16.6. The number of imidazole rings is 1. The van der Waals surface area contributed by atoms with Gasteiger partial charge in [0.25, 0.3) is 0 Å². The van der Waals surface area contributed by atoms with Gasteiger partial charge in [0.1, 0.15) is 24.0 Å². The number of aromatic nitrogens is 2. The van der Waals surface area contributed by atoms with Gasteiger partial charge in [-0.1, -0.05) is 24.3 Å². The lowest BCUT2D eigenvalue weighted by Crippen LogP contribution is -2.08. The number of rotatable bonds is 5. The zero-order chi connectivity index (χ0) is 23.1. The molecule has 0 atom stereocenters. The van der Waals surface area contributed by atoms with Crippen molar-refractivity contribution in [1.29, 1.82) is 0 Å². The molecule has 0 spiro atoms. The van der Waals surface area contributed by atoms with Gasteiger partial charge in [-0.2, -0.15) is 13.2 Å². The fourth-order valence-corrected chi connectivity index (χ4v) is 4.20. The lowest BCUT2D eigenvalue weighted by Gasteiger charge is -2.10. The summed E-state index contributed by atoms with van der Waals surface area (Å²) in [4.78, 5) is 7.55. The van der Waals surface area contributed by atoms with Crippen LogP contribution in [-0.4, -0.2) is 24.6 Å². The van der Waals surface area contributed by atoms with Crippen molar-refractivity contribution in [2.45, 2.75) is 17.7 Å². The summed E-state index contributed by atoms with van der Waals surface area (Å²) in [5.41, 5.74) is 0.932. The van der Waals surface area contributed by atoms with E-state index in [-0.39, 0.29) is 17.3 Å². The molecule has 0 aliphatic carbocycles. The summed E-state index contributed by atoms with van der Waals surface area (Å²) in [7, 11) is -3.44. The Kier molecular flexibility index (Phi) is 5.41. The molecule has 1 aromatic heterocycles. The van der Waals surface area contributed by atoms with E-state index in [9.17, 15) is 26.0 Å². The normalized spacial score (nSPS) is 12.3. The van der Waals surface area contributed by atoms with Crippen LogP contribution in [0, 0.1) is 5.82 Å². The van der Waals surface area contributed by atoms with Gasteiger partial charge in [0.2, 0.25) is 0 Å². The summed E-state index contributed by atoms with van der Waals surface area (Å²) in [5, 5.41) is 0. The summed E-state index contributed by atoms with van der Waals surface area (Å²) >= 11 is 0. The van der Waals surface area contributed by atoms with E-state index in [0.29, 0.717) is 40.1 Å². The van der Waals surface area contributed by atoms with Crippen molar-refractivity contribution in [1.82, 2.24) is 9.97 Å². The van der Waals surface area contributed by atoms with Gasteiger partial charge in [0.05, 0.1) is 21.5 Å². The number of nitrogens with one attached hydrogen (secondary N) is 1. The Morgan fingerprint density at radius 3 is 2.50 bits per heavy atom. The van der Waals surface area contributed by atoms with Gasteiger partial charge in [-0.25, -0.2) is 17.8 Å². The fraction of sp³-hybridized carbons (Fsp3) is 0.136. The summed E-state index contributed by atoms with van der Waals surface area (Å²) in [6, 6.07) is 14.2. The Hall–Kier alpha value is -3.40. The first-order valence-electron chi connectivity index (χ1n) is 9.30. The molecule has 0 aliphatic rings. The molecule has 4 rings (SSSR count). The predicted octanol–water partition coefficient (Wildman–Crippen LogP) is 5.37. The summed E-state index contributed by atoms with van der Waals surface area (Å²) in [5.74, 6) is -1.19. The van der Waals surface area contributed by atoms with Crippen LogP contribution in [0.1, 0.15) is 11.4 Å². The highest BCUT2D eigenvalue weighted by Crippen LogP contribution is 2.34. The Bertz CT molecular complexity index is 1410. The van der Waals surface area contributed by atoms with Crippen LogP contribution >= 0.6 is 0 Å². The fourth-order valence-electron chi connectivity index (χ4n) is 3.29. The van der Waals surface area contributed by atoms with Crippen molar-refractivity contribution in [3.05, 3.63) is 77.9 Å². The van der Waals surface area contributed by atoms with E-state index in [1.54, 1.807) is 36.4 Å². The van der Waals surface area contributed by atoms with Crippen LogP contribution in [0.2, 0.25) is 0 Å². The summed E-state index contributed by atoms with van der Waals surface area (Å²) in [6.45, 7) is -0.174. The number of hydrogen-bond acceptors (Lipinski definition) is 4. The largest absolute Gasteiger partial charge is 0.486 e. The van der Waals surface area contributed by atoms with Crippen molar-refractivity contribution in [2.24, 2.45) is 0 Å². The maximum absolute atomic E-state index is 13.4. The third-order valence-electron chi connectivity index (χ3n) is 4.75. The molecule has 5 nitrogen and oxygen atoms in total. The molecule has 0 radical (unpaired) electrons. The monoisotopic (exact) mass is 464 g/mol. The number of aromatic amines is 1. The molecule has 0 saturated carbocycles. The van der Waals surface area contributed by atoms with Crippen molar-refractivity contribution < 1.29 is 30.7 Å². The molecule has 0 saturated heterocycles. The minimum Gasteiger partial charge on any atom is -0.486 e. The highest BCUT2D eigenvalue weighted by molar-refractivity contribution is 7.90. The number of hydrogen-bond donors (Lipinski definition) is 1. The van der Waals surface area contributed by atoms with Crippen LogP contribution in [0.3, 0.4) is 0 Å². The molecule has 32 heavy (non-hydrogen) atoms. The lowest BCUT2D eigenvalue weighted by molar-refractivity contribution is -0.140. The highest BCUT2D eigenvalue weighted by atomic mass is 32.2. The van der Waals surface area contributed by atoms with E-state index >= 15 is 0 Å². The number of fused-ring (bicyclic) bond motifs is 1. The van der Waals surface area contributed by atoms with Gasteiger partial charge in [0.15, 0.2) is 9.84 Å². The van der Waals surface area contributed by atoms with Gasteiger partial charge < -0.3 is 9.72 Å². The van der Waals surface area contributed by atoms with Crippen molar-refractivity contribution in [3.8, 4) is 16.9 Å². The molecular weight excluding hydrogens is 448 g/mol. The van der Waals surface area contributed by atoms with Crippen molar-refractivity contribution in [2.75, 3.05) is 6.26 Å². The molecule has 0 unspecified atom stereocenters. The standard InChI is InChI=1S/C22H16F4N2O3S/c1-32(29,30)20-5-3-2-4-15(20)13-6-9-18-19(10-13)28-21(27-18)12-31-14-7-8-17(23)16(11-14)22(24,25)26/h2-11H,12H2,1H3,(H,27,28).